The Morgan fingerprint density at radius 3 is 2.56 bits per heavy atom. The minimum Gasteiger partial charge on any atom is -0.289 e. The molecule has 0 fully saturated rings. The molecule has 4 nitrogen and oxygen atoms in total. The monoisotopic (exact) mass is 481 g/mol. The molecule has 168 valence electrons. The van der Waals surface area contributed by atoms with Crippen LogP contribution in [0.15, 0.2) is 88.9 Å². The highest BCUT2D eigenvalue weighted by Gasteiger charge is 2.18. The van der Waals surface area contributed by atoms with Crippen LogP contribution in [0.5, 0.6) is 0 Å². The van der Waals surface area contributed by atoms with Crippen LogP contribution in [0.25, 0.3) is 22.7 Å². The minimum absolute atomic E-state index is 0.0106. The van der Waals surface area contributed by atoms with E-state index in [0.29, 0.717) is 0 Å². The molecule has 2 aromatic carbocycles. The van der Waals surface area contributed by atoms with Gasteiger partial charge in [-0.1, -0.05) is 48.2 Å². The summed E-state index contributed by atoms with van der Waals surface area (Å²) in [4.78, 5) is 20.8. The van der Waals surface area contributed by atoms with Crippen LogP contribution in [-0.2, 0) is 0 Å². The molecule has 0 radical (unpaired) electrons. The Balaban J connectivity index is 1.61. The fourth-order valence-electron chi connectivity index (χ4n) is 3.94. The summed E-state index contributed by atoms with van der Waals surface area (Å²) >= 11 is 3.27. The van der Waals surface area contributed by atoms with Crippen LogP contribution in [0.1, 0.15) is 31.4 Å². The van der Waals surface area contributed by atoms with Gasteiger partial charge in [0.05, 0.1) is 16.9 Å². The molecule has 3 aromatic heterocycles. The van der Waals surface area contributed by atoms with E-state index >= 15 is 0 Å². The molecule has 0 spiro atoms. The summed E-state index contributed by atoms with van der Waals surface area (Å²) in [6.07, 6.45) is 5.38. The van der Waals surface area contributed by atoms with Crippen molar-refractivity contribution in [3.63, 3.8) is 0 Å². The average molecular weight is 482 g/mol. The Labute approximate surface area is 207 Å². The van der Waals surface area contributed by atoms with Crippen molar-refractivity contribution in [2.24, 2.45) is 0 Å². The van der Waals surface area contributed by atoms with E-state index < -0.39 is 0 Å². The van der Waals surface area contributed by atoms with Gasteiger partial charge < -0.3 is 0 Å². The fourth-order valence-corrected chi connectivity index (χ4v) is 6.05. The number of thiophene rings is 1. The molecule has 3 heterocycles. The molecule has 0 saturated heterocycles. The molecule has 0 bridgehead atoms. The lowest BCUT2D eigenvalue weighted by molar-refractivity contribution is 0.104. The number of aromatic nitrogens is 3. The molecule has 0 amide bonds. The number of nitrogens with zero attached hydrogens (tertiary/aromatic N) is 3. The van der Waals surface area contributed by atoms with Crippen molar-refractivity contribution in [3.05, 3.63) is 106 Å². The smallest absolute Gasteiger partial charge is 0.186 e. The van der Waals surface area contributed by atoms with Crippen molar-refractivity contribution < 1.29 is 4.79 Å². The molecule has 0 N–H and O–H groups in total. The third kappa shape index (κ3) is 4.34. The number of para-hydroxylation sites is 2. The number of hydrogen-bond donors (Lipinski definition) is 0. The van der Waals surface area contributed by atoms with Crippen LogP contribution >= 0.6 is 23.1 Å². The van der Waals surface area contributed by atoms with Crippen molar-refractivity contribution in [1.82, 2.24) is 14.8 Å². The van der Waals surface area contributed by atoms with Crippen LogP contribution in [0, 0.1) is 20.8 Å². The zero-order valence-electron chi connectivity index (χ0n) is 19.1. The number of aryl methyl sites for hydroxylation is 3. The molecular formula is C28H23N3OS2. The summed E-state index contributed by atoms with van der Waals surface area (Å²) in [6, 6.07) is 22.2. The highest BCUT2D eigenvalue weighted by atomic mass is 32.2. The number of ketones is 1. The topological polar surface area (TPSA) is 47.8 Å². The number of carbonyl (C=O) groups is 1. The van der Waals surface area contributed by atoms with E-state index in [1.165, 1.54) is 0 Å². The Kier molecular flexibility index (Phi) is 6.18. The molecule has 5 aromatic rings. The quantitative estimate of drug-likeness (QED) is 0.187. The molecule has 6 heteroatoms. The first-order chi connectivity index (χ1) is 16.5. The van der Waals surface area contributed by atoms with E-state index in [2.05, 4.69) is 23.2 Å². The SMILES string of the molecule is Cc1cc(C(=O)/C=C/c2c(C)nn(-c3ccccc3)c2Sc2cccc3cccnc23)c(C)s1. The molecule has 5 rings (SSSR count). The molecule has 0 aliphatic rings. The van der Waals surface area contributed by atoms with Crippen LogP contribution in [-0.4, -0.2) is 20.5 Å². The Morgan fingerprint density at radius 1 is 1.00 bits per heavy atom. The highest BCUT2D eigenvalue weighted by molar-refractivity contribution is 7.99. The third-order valence-electron chi connectivity index (χ3n) is 5.57. The predicted octanol–water partition coefficient (Wildman–Crippen LogP) is 7.45. The molecular weight excluding hydrogens is 458 g/mol. The lowest BCUT2D eigenvalue weighted by atomic mass is 10.1. The van der Waals surface area contributed by atoms with E-state index in [9.17, 15) is 4.79 Å². The maximum atomic E-state index is 13.0. The van der Waals surface area contributed by atoms with Gasteiger partial charge in [-0.15, -0.1) is 11.3 Å². The summed E-state index contributed by atoms with van der Waals surface area (Å²) in [5, 5.41) is 6.88. The van der Waals surface area contributed by atoms with E-state index in [-0.39, 0.29) is 5.78 Å². The van der Waals surface area contributed by atoms with Gasteiger partial charge in [0.15, 0.2) is 5.78 Å². The van der Waals surface area contributed by atoms with Gasteiger partial charge in [0.1, 0.15) is 5.03 Å². The van der Waals surface area contributed by atoms with Crippen LogP contribution in [0.2, 0.25) is 0 Å². The second-order valence-electron chi connectivity index (χ2n) is 8.01. The largest absolute Gasteiger partial charge is 0.289 e. The first kappa shape index (κ1) is 22.3. The fraction of sp³-hybridized carbons (Fsp3) is 0.107. The second-order valence-corrected chi connectivity index (χ2v) is 10.5. The van der Waals surface area contributed by atoms with E-state index in [1.807, 2.05) is 86.3 Å². The van der Waals surface area contributed by atoms with Gasteiger partial charge in [0.2, 0.25) is 0 Å². The number of hydrogen-bond acceptors (Lipinski definition) is 5. The van der Waals surface area contributed by atoms with Crippen molar-refractivity contribution in [1.29, 1.82) is 0 Å². The number of allylic oxidation sites excluding steroid dienone is 1. The highest BCUT2D eigenvalue weighted by Crippen LogP contribution is 2.37. The first-order valence-electron chi connectivity index (χ1n) is 11.0. The van der Waals surface area contributed by atoms with Crippen LogP contribution < -0.4 is 0 Å². The zero-order valence-corrected chi connectivity index (χ0v) is 20.8. The number of pyridine rings is 1. The Hall–Kier alpha value is -3.48. The van der Waals surface area contributed by atoms with Crippen molar-refractivity contribution in [3.8, 4) is 5.69 Å². The predicted molar refractivity (Wildman–Crippen MR) is 141 cm³/mol. The maximum absolute atomic E-state index is 13.0. The van der Waals surface area contributed by atoms with Gasteiger partial charge >= 0.3 is 0 Å². The van der Waals surface area contributed by atoms with E-state index in [4.69, 9.17) is 5.10 Å². The lowest BCUT2D eigenvalue weighted by Gasteiger charge is -2.10. The second kappa shape index (κ2) is 9.41. The summed E-state index contributed by atoms with van der Waals surface area (Å²) in [7, 11) is 0. The zero-order chi connectivity index (χ0) is 23.7. The minimum atomic E-state index is 0.0106. The van der Waals surface area contributed by atoms with Gasteiger partial charge in [-0.25, -0.2) is 4.68 Å². The molecule has 0 unspecified atom stereocenters. The summed E-state index contributed by atoms with van der Waals surface area (Å²) in [5.74, 6) is 0.0106. The lowest BCUT2D eigenvalue weighted by Crippen LogP contribution is -1.98. The van der Waals surface area contributed by atoms with Crippen molar-refractivity contribution in [2.75, 3.05) is 0 Å². The van der Waals surface area contributed by atoms with Gasteiger partial charge in [0.25, 0.3) is 0 Å². The Bertz CT molecular complexity index is 1530. The average Bonchev–Trinajstić information content (AvgIpc) is 3.36. The molecule has 0 aliphatic heterocycles. The summed E-state index contributed by atoms with van der Waals surface area (Å²) in [6.45, 7) is 6.00. The normalized spacial score (nSPS) is 11.5. The third-order valence-corrected chi connectivity index (χ3v) is 7.67. The van der Waals surface area contributed by atoms with E-state index in [1.54, 1.807) is 29.2 Å². The molecule has 0 aliphatic carbocycles. The molecule has 34 heavy (non-hydrogen) atoms. The Morgan fingerprint density at radius 2 is 1.79 bits per heavy atom. The van der Waals surface area contributed by atoms with Crippen molar-refractivity contribution in [2.45, 2.75) is 30.7 Å². The van der Waals surface area contributed by atoms with Crippen LogP contribution in [0.4, 0.5) is 0 Å². The van der Waals surface area contributed by atoms with Gasteiger partial charge in [-0.2, -0.15) is 5.10 Å². The first-order valence-corrected chi connectivity index (χ1v) is 12.6. The molecule has 0 atom stereocenters. The standard InChI is InChI=1S/C28H23N3OS2/c1-18-17-24(20(3)33-18)25(32)15-14-23-19(2)30-31(22-11-5-4-6-12-22)28(23)34-26-13-7-9-21-10-8-16-29-27(21)26/h4-17H,1-3H3/b15-14+. The number of benzene rings is 2. The maximum Gasteiger partial charge on any atom is 0.186 e. The number of carbonyl (C=O) groups excluding carboxylic acids is 1. The summed E-state index contributed by atoms with van der Waals surface area (Å²) < 4.78 is 1.95. The number of rotatable bonds is 6. The van der Waals surface area contributed by atoms with Crippen molar-refractivity contribution >= 4 is 45.9 Å². The molecule has 0 saturated carbocycles. The van der Waals surface area contributed by atoms with Gasteiger partial charge in [-0.3, -0.25) is 9.78 Å². The van der Waals surface area contributed by atoms with Gasteiger partial charge in [-0.05, 0) is 63.3 Å². The number of fused-ring (bicyclic) bond motifs is 1. The van der Waals surface area contributed by atoms with Gasteiger partial charge in [0, 0.05) is 37.4 Å². The van der Waals surface area contributed by atoms with E-state index in [0.717, 1.165) is 53.1 Å². The van der Waals surface area contributed by atoms with Crippen LogP contribution in [0.3, 0.4) is 0 Å². The summed E-state index contributed by atoms with van der Waals surface area (Å²) in [5.41, 5.74) is 4.47.